The molecule has 0 radical (unpaired) electrons. The molecule has 118 valence electrons. The van der Waals surface area contributed by atoms with Gasteiger partial charge >= 0.3 is 0 Å². The third kappa shape index (κ3) is 3.81. The monoisotopic (exact) mass is 402 g/mol. The first-order valence-electron chi connectivity index (χ1n) is 6.60. The van der Waals surface area contributed by atoms with Gasteiger partial charge in [-0.05, 0) is 35.9 Å². The molecule has 1 aromatic heterocycles. The van der Waals surface area contributed by atoms with Gasteiger partial charge in [0.25, 0.3) is 0 Å². The second kappa shape index (κ2) is 7.37. The van der Waals surface area contributed by atoms with E-state index in [2.05, 4.69) is 4.98 Å². The summed E-state index contributed by atoms with van der Waals surface area (Å²) in [6, 6.07) is 10.8. The highest BCUT2D eigenvalue weighted by atomic mass is 35.5. The molecule has 0 fully saturated rings. The van der Waals surface area contributed by atoms with Crippen LogP contribution in [0.5, 0.6) is 0 Å². The average Bonchev–Trinajstić information content (AvgIpc) is 2.95. The van der Waals surface area contributed by atoms with Gasteiger partial charge < -0.3 is 0 Å². The van der Waals surface area contributed by atoms with Crippen LogP contribution in [-0.2, 0) is 5.75 Å². The van der Waals surface area contributed by atoms with E-state index in [0.717, 1.165) is 16.4 Å². The van der Waals surface area contributed by atoms with Crippen molar-refractivity contribution in [2.24, 2.45) is 0 Å². The molecule has 0 aliphatic heterocycles. The molecule has 0 saturated carbocycles. The van der Waals surface area contributed by atoms with Crippen molar-refractivity contribution < 1.29 is 0 Å². The third-order valence-electron chi connectivity index (χ3n) is 3.18. The quantitative estimate of drug-likeness (QED) is 0.447. The lowest BCUT2D eigenvalue weighted by Crippen LogP contribution is -1.96. The molecule has 7 heteroatoms. The van der Waals surface area contributed by atoms with E-state index in [1.165, 1.54) is 11.8 Å². The highest BCUT2D eigenvalue weighted by Gasteiger charge is 2.12. The summed E-state index contributed by atoms with van der Waals surface area (Å²) >= 11 is 26.2. The van der Waals surface area contributed by atoms with Gasteiger partial charge in [-0.3, -0.25) is 4.57 Å². The molecule has 0 bridgehead atoms. The summed E-state index contributed by atoms with van der Waals surface area (Å²) in [5.74, 6) is 0.612. The Morgan fingerprint density at radius 3 is 2.39 bits per heavy atom. The minimum atomic E-state index is 0.563. The van der Waals surface area contributed by atoms with Crippen molar-refractivity contribution in [1.29, 1.82) is 0 Å². The van der Waals surface area contributed by atoms with E-state index in [9.17, 15) is 0 Å². The fourth-order valence-corrected chi connectivity index (χ4v) is 4.27. The lowest BCUT2D eigenvalue weighted by Gasteiger charge is -2.11. The number of hydrogen-bond donors (Lipinski definition) is 0. The maximum atomic E-state index is 6.28. The van der Waals surface area contributed by atoms with E-state index in [1.807, 2.05) is 35.0 Å². The topological polar surface area (TPSA) is 17.8 Å². The molecule has 0 N–H and O–H groups in total. The fraction of sp³-hybridized carbons (Fsp3) is 0.0625. The summed E-state index contributed by atoms with van der Waals surface area (Å²) in [7, 11) is 0. The first-order chi connectivity index (χ1) is 11.1. The molecule has 0 atom stereocenters. The SMILES string of the molecule is Clc1ccc(-n2ccnc2SCc2c(Cl)cccc2Cl)c(Cl)c1. The zero-order valence-corrected chi connectivity index (χ0v) is 15.5. The van der Waals surface area contributed by atoms with Crippen LogP contribution in [0.3, 0.4) is 0 Å². The Balaban J connectivity index is 1.87. The van der Waals surface area contributed by atoms with Gasteiger partial charge in [-0.2, -0.15) is 0 Å². The van der Waals surface area contributed by atoms with Crippen LogP contribution in [0, 0.1) is 0 Å². The maximum Gasteiger partial charge on any atom is 0.172 e. The van der Waals surface area contributed by atoms with Gasteiger partial charge in [0.05, 0.1) is 10.7 Å². The van der Waals surface area contributed by atoms with Crippen molar-refractivity contribution in [2.75, 3.05) is 0 Å². The lowest BCUT2D eigenvalue weighted by atomic mass is 10.2. The van der Waals surface area contributed by atoms with Crippen molar-refractivity contribution in [1.82, 2.24) is 9.55 Å². The summed E-state index contributed by atoms with van der Waals surface area (Å²) in [6.45, 7) is 0. The molecule has 3 rings (SSSR count). The van der Waals surface area contributed by atoms with Gasteiger partial charge in [-0.25, -0.2) is 4.98 Å². The second-order valence-corrected chi connectivity index (χ2v) is 7.26. The predicted octanol–water partition coefficient (Wildman–Crippen LogP) is 6.78. The minimum Gasteiger partial charge on any atom is -0.293 e. The van der Waals surface area contributed by atoms with E-state index in [4.69, 9.17) is 46.4 Å². The molecule has 2 nitrogen and oxygen atoms in total. The third-order valence-corrected chi connectivity index (χ3v) is 5.42. The first-order valence-corrected chi connectivity index (χ1v) is 9.10. The number of halogens is 4. The van der Waals surface area contributed by atoms with Crippen LogP contribution in [0.25, 0.3) is 5.69 Å². The zero-order chi connectivity index (χ0) is 16.4. The van der Waals surface area contributed by atoms with E-state index in [-0.39, 0.29) is 0 Å². The molecule has 3 aromatic rings. The van der Waals surface area contributed by atoms with E-state index in [1.54, 1.807) is 18.3 Å². The molecule has 0 amide bonds. The van der Waals surface area contributed by atoms with Crippen LogP contribution in [-0.4, -0.2) is 9.55 Å². The Labute approximate surface area is 158 Å². The summed E-state index contributed by atoms with van der Waals surface area (Å²) in [5, 5.41) is 3.24. The van der Waals surface area contributed by atoms with Crippen LogP contribution < -0.4 is 0 Å². The molecule has 0 aliphatic rings. The van der Waals surface area contributed by atoms with Crippen LogP contribution in [0.1, 0.15) is 5.56 Å². The number of rotatable bonds is 4. The van der Waals surface area contributed by atoms with Crippen molar-refractivity contribution in [2.45, 2.75) is 10.9 Å². The molecule has 0 aliphatic carbocycles. The standard InChI is InChI=1S/C16H10Cl4N2S/c17-10-4-5-15(14(20)8-10)22-7-6-21-16(22)23-9-11-12(18)2-1-3-13(11)19/h1-8H,9H2. The zero-order valence-electron chi connectivity index (χ0n) is 11.6. The van der Waals surface area contributed by atoms with Gasteiger partial charge in [0, 0.05) is 33.2 Å². The Morgan fingerprint density at radius 2 is 1.70 bits per heavy atom. The average molecular weight is 404 g/mol. The minimum absolute atomic E-state index is 0.563. The Bertz CT molecular complexity index is 828. The number of hydrogen-bond acceptors (Lipinski definition) is 2. The maximum absolute atomic E-state index is 6.28. The molecule has 0 saturated heterocycles. The van der Waals surface area contributed by atoms with Gasteiger partial charge in [0.15, 0.2) is 5.16 Å². The van der Waals surface area contributed by atoms with Crippen molar-refractivity contribution >= 4 is 58.2 Å². The number of imidazole rings is 1. The Morgan fingerprint density at radius 1 is 0.957 bits per heavy atom. The molecule has 0 spiro atoms. The molecular weight excluding hydrogens is 394 g/mol. The van der Waals surface area contributed by atoms with Crippen LogP contribution >= 0.6 is 58.2 Å². The van der Waals surface area contributed by atoms with Gasteiger partial charge in [-0.15, -0.1) is 0 Å². The summed E-state index contributed by atoms with van der Waals surface area (Å²) in [6.07, 6.45) is 3.58. The highest BCUT2D eigenvalue weighted by molar-refractivity contribution is 7.98. The van der Waals surface area contributed by atoms with Gasteiger partial charge in [0.1, 0.15) is 0 Å². The molecule has 23 heavy (non-hydrogen) atoms. The second-order valence-electron chi connectivity index (χ2n) is 4.66. The van der Waals surface area contributed by atoms with E-state index >= 15 is 0 Å². The smallest absolute Gasteiger partial charge is 0.172 e. The van der Waals surface area contributed by atoms with Crippen molar-refractivity contribution in [3.63, 3.8) is 0 Å². The van der Waals surface area contributed by atoms with Crippen LogP contribution in [0.2, 0.25) is 20.1 Å². The molecular formula is C16H10Cl4N2S. The van der Waals surface area contributed by atoms with Crippen LogP contribution in [0.15, 0.2) is 53.9 Å². The number of nitrogens with zero attached hydrogens (tertiary/aromatic N) is 2. The largest absolute Gasteiger partial charge is 0.293 e. The van der Waals surface area contributed by atoms with Crippen LogP contribution in [0.4, 0.5) is 0 Å². The molecule has 2 aromatic carbocycles. The Kier molecular flexibility index (Phi) is 5.45. The fourth-order valence-electron chi connectivity index (χ4n) is 2.06. The number of aromatic nitrogens is 2. The molecule has 0 unspecified atom stereocenters. The normalized spacial score (nSPS) is 11.0. The number of benzene rings is 2. The summed E-state index contributed by atoms with van der Waals surface area (Å²) < 4.78 is 1.91. The summed E-state index contributed by atoms with van der Waals surface area (Å²) in [4.78, 5) is 4.38. The molecule has 1 heterocycles. The Hall–Kier alpha value is -0.840. The predicted molar refractivity (Wildman–Crippen MR) is 99.6 cm³/mol. The van der Waals surface area contributed by atoms with Gasteiger partial charge in [-0.1, -0.05) is 64.2 Å². The van der Waals surface area contributed by atoms with E-state index in [0.29, 0.717) is 25.8 Å². The first kappa shape index (κ1) is 17.0. The highest BCUT2D eigenvalue weighted by Crippen LogP contribution is 2.33. The summed E-state index contributed by atoms with van der Waals surface area (Å²) in [5.41, 5.74) is 1.71. The lowest BCUT2D eigenvalue weighted by molar-refractivity contribution is 0.895. The number of thioether (sulfide) groups is 1. The van der Waals surface area contributed by atoms with E-state index < -0.39 is 0 Å². The van der Waals surface area contributed by atoms with Crippen molar-refractivity contribution in [3.05, 3.63) is 74.4 Å². The van der Waals surface area contributed by atoms with Crippen molar-refractivity contribution in [3.8, 4) is 5.69 Å². The van der Waals surface area contributed by atoms with Gasteiger partial charge in [0.2, 0.25) is 0 Å².